The first-order valence-electron chi connectivity index (χ1n) is 5.31. The van der Waals surface area contributed by atoms with Crippen molar-refractivity contribution in [3.05, 3.63) is 12.7 Å². The van der Waals surface area contributed by atoms with Crippen LogP contribution in [-0.2, 0) is 14.6 Å². The van der Waals surface area contributed by atoms with E-state index in [0.29, 0.717) is 13.1 Å². The number of nitrogens with zero attached hydrogens (tertiary/aromatic N) is 1. The van der Waals surface area contributed by atoms with Crippen LogP contribution in [0.15, 0.2) is 12.7 Å². The van der Waals surface area contributed by atoms with Crippen LogP contribution in [0.3, 0.4) is 0 Å². The fraction of sp³-hybridized carbons (Fsp3) is 0.700. The molecule has 0 bridgehead atoms. The lowest BCUT2D eigenvalue weighted by atomic mass is 10.3. The van der Waals surface area contributed by atoms with Gasteiger partial charge in [0.25, 0.3) is 0 Å². The molecule has 1 aliphatic heterocycles. The van der Waals surface area contributed by atoms with Crippen molar-refractivity contribution in [3.8, 4) is 0 Å². The highest BCUT2D eigenvalue weighted by atomic mass is 32.2. The minimum absolute atomic E-state index is 0.147. The first-order chi connectivity index (χ1) is 7.49. The van der Waals surface area contributed by atoms with Crippen LogP contribution >= 0.6 is 0 Å². The summed E-state index contributed by atoms with van der Waals surface area (Å²) in [5.74, 6) is -0.449. The molecule has 92 valence electrons. The predicted molar refractivity (Wildman–Crippen MR) is 62.9 cm³/mol. The summed E-state index contributed by atoms with van der Waals surface area (Å²) in [6, 6.07) is 0. The maximum absolute atomic E-state index is 11.9. The second-order valence-electron chi connectivity index (χ2n) is 3.84. The number of nitrogens with one attached hydrogen (secondary N) is 1. The normalized spacial score (nSPS) is 19.2. The van der Waals surface area contributed by atoms with E-state index in [0.717, 1.165) is 13.1 Å². The standard InChI is InChI=1S/C10H18N2O3S/c1-3-8-16(14,15)9(2)10(13)12-6-4-11-5-7-12/h3,9,11H,1,4-8H2,2H3. The van der Waals surface area contributed by atoms with Crippen molar-refractivity contribution in [2.24, 2.45) is 0 Å². The van der Waals surface area contributed by atoms with E-state index in [-0.39, 0.29) is 11.7 Å². The maximum atomic E-state index is 11.9. The summed E-state index contributed by atoms with van der Waals surface area (Å²) < 4.78 is 23.4. The van der Waals surface area contributed by atoms with Crippen LogP contribution in [-0.4, -0.2) is 56.4 Å². The molecule has 1 unspecified atom stereocenters. The van der Waals surface area contributed by atoms with Gasteiger partial charge < -0.3 is 10.2 Å². The molecule has 0 spiro atoms. The second-order valence-corrected chi connectivity index (χ2v) is 6.20. The average Bonchev–Trinajstić information content (AvgIpc) is 2.28. The average molecular weight is 246 g/mol. The van der Waals surface area contributed by atoms with Gasteiger partial charge in [0.15, 0.2) is 9.84 Å². The Kier molecular flexibility index (Phi) is 4.49. The van der Waals surface area contributed by atoms with Crippen LogP contribution in [0.1, 0.15) is 6.92 Å². The van der Waals surface area contributed by atoms with Crippen LogP contribution in [0.5, 0.6) is 0 Å². The number of amides is 1. The molecule has 1 fully saturated rings. The highest BCUT2D eigenvalue weighted by Crippen LogP contribution is 2.07. The molecule has 0 aromatic heterocycles. The van der Waals surface area contributed by atoms with E-state index >= 15 is 0 Å². The van der Waals surface area contributed by atoms with Crippen molar-refractivity contribution in [2.45, 2.75) is 12.2 Å². The summed E-state index contributed by atoms with van der Waals surface area (Å²) in [4.78, 5) is 13.5. The van der Waals surface area contributed by atoms with Crippen molar-refractivity contribution >= 4 is 15.7 Å². The maximum Gasteiger partial charge on any atom is 0.240 e. The smallest absolute Gasteiger partial charge is 0.240 e. The van der Waals surface area contributed by atoms with E-state index in [1.165, 1.54) is 13.0 Å². The Morgan fingerprint density at radius 3 is 2.56 bits per heavy atom. The Balaban J connectivity index is 2.69. The molecule has 0 aromatic carbocycles. The SMILES string of the molecule is C=CCS(=O)(=O)C(C)C(=O)N1CCNCC1. The molecule has 5 nitrogen and oxygen atoms in total. The molecule has 1 saturated heterocycles. The molecular weight excluding hydrogens is 228 g/mol. The van der Waals surface area contributed by atoms with E-state index in [4.69, 9.17) is 0 Å². The zero-order chi connectivity index (χ0) is 12.2. The molecular formula is C10H18N2O3S. The Bertz CT molecular complexity index is 358. The molecule has 1 atom stereocenters. The lowest BCUT2D eigenvalue weighted by Crippen LogP contribution is -2.50. The van der Waals surface area contributed by atoms with Gasteiger partial charge in [-0.25, -0.2) is 8.42 Å². The predicted octanol–water partition coefficient (Wildman–Crippen LogP) is -0.592. The van der Waals surface area contributed by atoms with Crippen molar-refractivity contribution in [3.63, 3.8) is 0 Å². The summed E-state index contributed by atoms with van der Waals surface area (Å²) in [5, 5.41) is 2.14. The van der Waals surface area contributed by atoms with Gasteiger partial charge in [0.2, 0.25) is 5.91 Å². The molecule has 6 heteroatoms. The monoisotopic (exact) mass is 246 g/mol. The molecule has 1 amide bonds. The van der Waals surface area contributed by atoms with Gasteiger partial charge in [-0.1, -0.05) is 6.08 Å². The van der Waals surface area contributed by atoms with E-state index in [1.807, 2.05) is 0 Å². The fourth-order valence-electron chi connectivity index (χ4n) is 1.60. The molecule has 16 heavy (non-hydrogen) atoms. The van der Waals surface area contributed by atoms with Crippen molar-refractivity contribution in [1.82, 2.24) is 10.2 Å². The molecule has 1 heterocycles. The lowest BCUT2D eigenvalue weighted by Gasteiger charge is -2.29. The number of carbonyl (C=O) groups excluding carboxylic acids is 1. The van der Waals surface area contributed by atoms with Crippen LogP contribution in [0.25, 0.3) is 0 Å². The zero-order valence-electron chi connectivity index (χ0n) is 9.48. The minimum atomic E-state index is -3.39. The summed E-state index contributed by atoms with van der Waals surface area (Å²) in [6.45, 7) is 7.43. The third-order valence-corrected chi connectivity index (χ3v) is 4.64. The van der Waals surface area contributed by atoms with Gasteiger partial charge in [0.05, 0.1) is 5.75 Å². The van der Waals surface area contributed by atoms with Gasteiger partial charge in [-0.3, -0.25) is 4.79 Å². The van der Waals surface area contributed by atoms with Crippen LogP contribution in [0, 0.1) is 0 Å². The lowest BCUT2D eigenvalue weighted by molar-refractivity contribution is -0.130. The largest absolute Gasteiger partial charge is 0.339 e. The highest BCUT2D eigenvalue weighted by Gasteiger charge is 2.30. The van der Waals surface area contributed by atoms with Gasteiger partial charge in [0, 0.05) is 26.2 Å². The van der Waals surface area contributed by atoms with Gasteiger partial charge in [-0.15, -0.1) is 6.58 Å². The molecule has 0 aliphatic carbocycles. The Morgan fingerprint density at radius 1 is 1.50 bits per heavy atom. The first kappa shape index (κ1) is 13.2. The molecule has 0 radical (unpaired) electrons. The van der Waals surface area contributed by atoms with Gasteiger partial charge in [-0.05, 0) is 6.92 Å². The number of sulfone groups is 1. The number of hydrogen-bond acceptors (Lipinski definition) is 4. The van der Waals surface area contributed by atoms with Gasteiger partial charge in [-0.2, -0.15) is 0 Å². The quantitative estimate of drug-likeness (QED) is 0.673. The second kappa shape index (κ2) is 5.45. The Morgan fingerprint density at radius 2 is 2.06 bits per heavy atom. The zero-order valence-corrected chi connectivity index (χ0v) is 10.3. The van der Waals surface area contributed by atoms with Crippen LogP contribution in [0.2, 0.25) is 0 Å². The van der Waals surface area contributed by atoms with Crippen molar-refractivity contribution in [1.29, 1.82) is 0 Å². The van der Waals surface area contributed by atoms with Crippen LogP contribution in [0.4, 0.5) is 0 Å². The van der Waals surface area contributed by atoms with Crippen molar-refractivity contribution in [2.75, 3.05) is 31.9 Å². The molecule has 1 N–H and O–H groups in total. The third-order valence-electron chi connectivity index (χ3n) is 2.67. The summed E-state index contributed by atoms with van der Waals surface area (Å²) in [7, 11) is -3.39. The number of piperazine rings is 1. The van der Waals surface area contributed by atoms with Gasteiger partial charge in [0.1, 0.15) is 5.25 Å². The molecule has 0 saturated carbocycles. The fourth-order valence-corrected chi connectivity index (χ4v) is 2.68. The van der Waals surface area contributed by atoms with Crippen molar-refractivity contribution < 1.29 is 13.2 Å². The summed E-state index contributed by atoms with van der Waals surface area (Å²) in [6.07, 6.45) is 1.32. The topological polar surface area (TPSA) is 66.5 Å². The van der Waals surface area contributed by atoms with E-state index < -0.39 is 15.1 Å². The Hall–Kier alpha value is -0.880. The summed E-state index contributed by atoms with van der Waals surface area (Å²) in [5.41, 5.74) is 0. The summed E-state index contributed by atoms with van der Waals surface area (Å²) >= 11 is 0. The first-order valence-corrected chi connectivity index (χ1v) is 7.02. The number of carbonyl (C=O) groups is 1. The highest BCUT2D eigenvalue weighted by molar-refractivity contribution is 7.92. The third kappa shape index (κ3) is 3.05. The minimum Gasteiger partial charge on any atom is -0.339 e. The molecule has 1 aliphatic rings. The number of rotatable bonds is 4. The van der Waals surface area contributed by atoms with E-state index in [9.17, 15) is 13.2 Å². The molecule has 1 rings (SSSR count). The van der Waals surface area contributed by atoms with E-state index in [1.54, 1.807) is 4.90 Å². The number of hydrogen-bond donors (Lipinski definition) is 1. The molecule has 0 aromatic rings. The van der Waals surface area contributed by atoms with Gasteiger partial charge >= 0.3 is 0 Å². The van der Waals surface area contributed by atoms with Crippen LogP contribution < -0.4 is 5.32 Å². The Labute approximate surface area is 96.4 Å². The van der Waals surface area contributed by atoms with E-state index in [2.05, 4.69) is 11.9 Å².